The van der Waals surface area contributed by atoms with Crippen LogP contribution in [0.5, 0.6) is 11.6 Å². The first kappa shape index (κ1) is 21.6. The molecule has 7 nitrogen and oxygen atoms in total. The number of ether oxygens (including phenoxy) is 1. The minimum atomic E-state index is -0.962. The van der Waals surface area contributed by atoms with Crippen LogP contribution in [0.4, 0.5) is 4.79 Å². The van der Waals surface area contributed by atoms with Crippen molar-refractivity contribution in [2.45, 2.75) is 6.92 Å². The lowest BCUT2D eigenvalue weighted by atomic mass is 10.1. The number of carboxylic acid groups (broad SMARTS) is 1. The van der Waals surface area contributed by atoms with E-state index in [0.29, 0.717) is 30.3 Å². The Labute approximate surface area is 197 Å². The number of fused-ring (bicyclic) bond motifs is 1. The molecule has 1 aromatic heterocycles. The maximum absolute atomic E-state index is 13.9. The van der Waals surface area contributed by atoms with E-state index in [-0.39, 0.29) is 19.0 Å². The minimum Gasteiger partial charge on any atom is -0.465 e. The Balaban J connectivity index is 1.67. The van der Waals surface area contributed by atoms with E-state index in [1.54, 1.807) is 4.90 Å². The van der Waals surface area contributed by atoms with Crippen LogP contribution in [0.15, 0.2) is 78.9 Å². The molecule has 0 radical (unpaired) electrons. The van der Waals surface area contributed by atoms with Crippen LogP contribution in [-0.4, -0.2) is 57.7 Å². The molecule has 34 heavy (non-hydrogen) atoms. The Morgan fingerprint density at radius 3 is 2.12 bits per heavy atom. The number of benzene rings is 3. The molecule has 0 bridgehead atoms. The quantitative estimate of drug-likeness (QED) is 0.461. The van der Waals surface area contributed by atoms with E-state index >= 15 is 0 Å². The molecule has 7 heteroatoms. The van der Waals surface area contributed by atoms with E-state index in [4.69, 9.17) is 4.74 Å². The van der Waals surface area contributed by atoms with E-state index in [9.17, 15) is 14.7 Å². The average Bonchev–Trinajstić information content (AvgIpc) is 3.19. The first-order valence-corrected chi connectivity index (χ1v) is 11.2. The highest BCUT2D eigenvalue weighted by Gasteiger charge is 2.31. The molecule has 1 saturated heterocycles. The highest BCUT2D eigenvalue weighted by atomic mass is 16.5. The van der Waals surface area contributed by atoms with E-state index in [1.807, 2.05) is 90.4 Å². The summed E-state index contributed by atoms with van der Waals surface area (Å²) in [6.45, 7) is 3.20. The maximum atomic E-state index is 13.9. The third-order valence-corrected chi connectivity index (χ3v) is 6.20. The van der Waals surface area contributed by atoms with Crippen molar-refractivity contribution in [2.24, 2.45) is 0 Å². The van der Waals surface area contributed by atoms with Crippen molar-refractivity contribution in [1.82, 2.24) is 14.4 Å². The van der Waals surface area contributed by atoms with Crippen molar-refractivity contribution < 1.29 is 19.4 Å². The highest BCUT2D eigenvalue weighted by molar-refractivity contribution is 6.10. The summed E-state index contributed by atoms with van der Waals surface area (Å²) in [5.41, 5.74) is 3.19. The van der Waals surface area contributed by atoms with Crippen molar-refractivity contribution in [1.29, 1.82) is 0 Å². The van der Waals surface area contributed by atoms with E-state index in [1.165, 1.54) is 4.90 Å². The number of carbonyl (C=O) groups excluding carboxylic acids is 1. The lowest BCUT2D eigenvalue weighted by Gasteiger charge is -2.33. The van der Waals surface area contributed by atoms with Gasteiger partial charge >= 0.3 is 6.09 Å². The van der Waals surface area contributed by atoms with Crippen LogP contribution in [0.25, 0.3) is 16.6 Å². The highest BCUT2D eigenvalue weighted by Crippen LogP contribution is 2.39. The van der Waals surface area contributed by atoms with Crippen molar-refractivity contribution in [3.05, 3.63) is 90.0 Å². The Kier molecular flexibility index (Phi) is 5.67. The van der Waals surface area contributed by atoms with Gasteiger partial charge in [0.1, 0.15) is 11.3 Å². The molecule has 2 amide bonds. The number of aryl methyl sites for hydroxylation is 1. The molecule has 1 N–H and O–H groups in total. The van der Waals surface area contributed by atoms with Gasteiger partial charge in [0, 0.05) is 37.3 Å². The second-order valence-electron chi connectivity index (χ2n) is 8.30. The molecular weight excluding hydrogens is 430 g/mol. The topological polar surface area (TPSA) is 75.0 Å². The summed E-state index contributed by atoms with van der Waals surface area (Å²) in [5.74, 6) is 0.958. The van der Waals surface area contributed by atoms with Gasteiger partial charge in [0.2, 0.25) is 5.88 Å². The smallest absolute Gasteiger partial charge is 0.407 e. The molecule has 0 unspecified atom stereocenters. The average molecular weight is 456 g/mol. The number of rotatable bonds is 4. The number of hydrogen-bond donors (Lipinski definition) is 1. The zero-order valence-electron chi connectivity index (χ0n) is 18.8. The summed E-state index contributed by atoms with van der Waals surface area (Å²) in [6, 6.07) is 25.3. The molecule has 0 aliphatic carbocycles. The monoisotopic (exact) mass is 455 g/mol. The maximum Gasteiger partial charge on any atom is 0.407 e. The van der Waals surface area contributed by atoms with Crippen molar-refractivity contribution in [2.75, 3.05) is 26.2 Å². The molecule has 5 rings (SSSR count). The van der Waals surface area contributed by atoms with Gasteiger partial charge in [-0.3, -0.25) is 9.36 Å². The van der Waals surface area contributed by atoms with Crippen LogP contribution in [0.3, 0.4) is 0 Å². The normalized spacial score (nSPS) is 13.8. The zero-order valence-corrected chi connectivity index (χ0v) is 18.8. The second kappa shape index (κ2) is 8.94. The molecule has 0 atom stereocenters. The first-order chi connectivity index (χ1) is 16.5. The lowest BCUT2D eigenvalue weighted by Crippen LogP contribution is -2.50. The molecule has 1 aliphatic heterocycles. The molecule has 2 heterocycles. The Hall–Kier alpha value is -4.26. The number of aromatic nitrogens is 1. The molecule has 172 valence electrons. The third kappa shape index (κ3) is 3.85. The standard InChI is InChI=1S/C27H25N3O4/c1-19-9-5-8-14-23(19)34-26-24(25(31)28-15-17-29(18-16-28)27(32)33)21-12-6-7-13-22(21)30(26)20-10-3-2-4-11-20/h2-14H,15-18H2,1H3,(H,32,33). The lowest BCUT2D eigenvalue weighted by molar-refractivity contribution is 0.0624. The van der Waals surface area contributed by atoms with Gasteiger partial charge in [-0.2, -0.15) is 0 Å². The number of hydrogen-bond acceptors (Lipinski definition) is 3. The van der Waals surface area contributed by atoms with E-state index < -0.39 is 6.09 Å². The third-order valence-electron chi connectivity index (χ3n) is 6.20. The van der Waals surface area contributed by atoms with Crippen LogP contribution in [0, 0.1) is 6.92 Å². The summed E-state index contributed by atoms with van der Waals surface area (Å²) in [5, 5.41) is 10.1. The number of nitrogens with zero attached hydrogens (tertiary/aromatic N) is 3. The van der Waals surface area contributed by atoms with Gasteiger partial charge in [-0.15, -0.1) is 0 Å². The summed E-state index contributed by atoms with van der Waals surface area (Å²) >= 11 is 0. The fourth-order valence-corrected chi connectivity index (χ4v) is 4.39. The van der Waals surface area contributed by atoms with Gasteiger partial charge in [-0.05, 0) is 36.8 Å². The van der Waals surface area contributed by atoms with Gasteiger partial charge in [0.15, 0.2) is 0 Å². The van der Waals surface area contributed by atoms with Crippen molar-refractivity contribution in [3.63, 3.8) is 0 Å². The molecule has 1 fully saturated rings. The van der Waals surface area contributed by atoms with Gasteiger partial charge in [-0.1, -0.05) is 54.6 Å². The Morgan fingerprint density at radius 1 is 0.794 bits per heavy atom. The van der Waals surface area contributed by atoms with Gasteiger partial charge < -0.3 is 19.6 Å². The van der Waals surface area contributed by atoms with Crippen LogP contribution < -0.4 is 4.74 Å². The van der Waals surface area contributed by atoms with Gasteiger partial charge in [0.05, 0.1) is 5.52 Å². The SMILES string of the molecule is Cc1ccccc1Oc1c(C(=O)N2CCN(C(=O)O)CC2)c2ccccc2n1-c1ccccc1. The Morgan fingerprint density at radius 2 is 1.41 bits per heavy atom. The second-order valence-corrected chi connectivity index (χ2v) is 8.30. The van der Waals surface area contributed by atoms with Crippen LogP contribution in [0.2, 0.25) is 0 Å². The number of para-hydroxylation sites is 3. The summed E-state index contributed by atoms with van der Waals surface area (Å²) in [6.07, 6.45) is -0.962. The molecule has 3 aromatic carbocycles. The number of carbonyl (C=O) groups is 2. The van der Waals surface area contributed by atoms with E-state index in [0.717, 1.165) is 22.2 Å². The summed E-state index contributed by atoms with van der Waals surface area (Å²) < 4.78 is 8.47. The zero-order chi connectivity index (χ0) is 23.7. The number of amides is 2. The van der Waals surface area contributed by atoms with Crippen LogP contribution in [0.1, 0.15) is 15.9 Å². The summed E-state index contributed by atoms with van der Waals surface area (Å²) in [4.78, 5) is 28.3. The molecule has 0 spiro atoms. The van der Waals surface area contributed by atoms with E-state index in [2.05, 4.69) is 0 Å². The van der Waals surface area contributed by atoms with Crippen LogP contribution >= 0.6 is 0 Å². The molecular formula is C27H25N3O4. The molecule has 1 aliphatic rings. The largest absolute Gasteiger partial charge is 0.465 e. The van der Waals surface area contributed by atoms with Gasteiger partial charge in [-0.25, -0.2) is 4.79 Å². The fraction of sp³-hybridized carbons (Fsp3) is 0.185. The van der Waals surface area contributed by atoms with Crippen molar-refractivity contribution in [3.8, 4) is 17.3 Å². The molecule has 0 saturated carbocycles. The fourth-order valence-electron chi connectivity index (χ4n) is 4.39. The van der Waals surface area contributed by atoms with Crippen LogP contribution in [-0.2, 0) is 0 Å². The van der Waals surface area contributed by atoms with Crippen molar-refractivity contribution >= 4 is 22.9 Å². The predicted octanol–water partition coefficient (Wildman–Crippen LogP) is 5.17. The van der Waals surface area contributed by atoms with Gasteiger partial charge in [0.25, 0.3) is 5.91 Å². The molecule has 4 aromatic rings. The summed E-state index contributed by atoms with van der Waals surface area (Å²) in [7, 11) is 0. The Bertz CT molecular complexity index is 1360. The number of piperazine rings is 1. The minimum absolute atomic E-state index is 0.167. The predicted molar refractivity (Wildman–Crippen MR) is 130 cm³/mol. The first-order valence-electron chi connectivity index (χ1n) is 11.2.